The first kappa shape index (κ1) is 12.2. The van der Waals surface area contributed by atoms with Gasteiger partial charge in [0, 0.05) is 35.6 Å². The molecular weight excluding hydrogens is 264 g/mol. The third-order valence-electron chi connectivity index (χ3n) is 3.36. The molecule has 2 aromatic rings. The molecule has 0 radical (unpaired) electrons. The fourth-order valence-electron chi connectivity index (χ4n) is 2.49. The molecule has 18 heavy (non-hydrogen) atoms. The van der Waals surface area contributed by atoms with Crippen LogP contribution in [0.2, 0.25) is 5.02 Å². The van der Waals surface area contributed by atoms with Crippen molar-refractivity contribution in [1.29, 1.82) is 0 Å². The van der Waals surface area contributed by atoms with E-state index in [1.165, 1.54) is 16.1 Å². The quantitative estimate of drug-likeness (QED) is 0.930. The minimum Gasteiger partial charge on any atom is -0.313 e. The molecule has 2 nitrogen and oxygen atoms in total. The zero-order valence-electron chi connectivity index (χ0n) is 10.0. The van der Waals surface area contributed by atoms with Gasteiger partial charge in [0.2, 0.25) is 0 Å². The van der Waals surface area contributed by atoms with Crippen molar-refractivity contribution in [2.24, 2.45) is 0 Å². The Morgan fingerprint density at radius 2 is 2.22 bits per heavy atom. The number of thiazole rings is 1. The van der Waals surface area contributed by atoms with Gasteiger partial charge in [0.05, 0.1) is 5.01 Å². The molecule has 0 amide bonds. The molecule has 1 aliphatic rings. The summed E-state index contributed by atoms with van der Waals surface area (Å²) in [5.74, 6) is 0. The van der Waals surface area contributed by atoms with Gasteiger partial charge in [-0.15, -0.1) is 11.3 Å². The maximum Gasteiger partial charge on any atom is 0.0937 e. The molecular formula is C14H15ClN2S. The van der Waals surface area contributed by atoms with Crippen LogP contribution < -0.4 is 5.32 Å². The number of aromatic nitrogens is 1. The van der Waals surface area contributed by atoms with Crippen molar-refractivity contribution in [1.82, 2.24) is 10.3 Å². The van der Waals surface area contributed by atoms with Crippen molar-refractivity contribution in [2.75, 3.05) is 6.54 Å². The summed E-state index contributed by atoms with van der Waals surface area (Å²) in [7, 11) is 0. The third-order valence-corrected chi connectivity index (χ3v) is 4.43. The highest BCUT2D eigenvalue weighted by Crippen LogP contribution is 2.25. The van der Waals surface area contributed by atoms with E-state index in [2.05, 4.69) is 22.4 Å². The van der Waals surface area contributed by atoms with E-state index in [9.17, 15) is 0 Å². The first-order chi connectivity index (χ1) is 8.81. The van der Waals surface area contributed by atoms with Crippen molar-refractivity contribution in [2.45, 2.75) is 25.3 Å². The van der Waals surface area contributed by atoms with Crippen LogP contribution in [0.25, 0.3) is 0 Å². The lowest BCUT2D eigenvalue weighted by atomic mass is 10.1. The predicted molar refractivity (Wildman–Crippen MR) is 76.5 cm³/mol. The fourth-order valence-corrected chi connectivity index (χ4v) is 3.31. The summed E-state index contributed by atoms with van der Waals surface area (Å²) in [5.41, 5.74) is 2.83. The van der Waals surface area contributed by atoms with Crippen LogP contribution in [-0.2, 0) is 19.3 Å². The van der Waals surface area contributed by atoms with Crippen LogP contribution in [-0.4, -0.2) is 17.6 Å². The second kappa shape index (κ2) is 5.39. The normalized spacial score (nSPS) is 17.9. The summed E-state index contributed by atoms with van der Waals surface area (Å²) < 4.78 is 0. The number of nitrogens with one attached hydrogen (secondary N) is 1. The number of benzene rings is 1. The second-order valence-electron chi connectivity index (χ2n) is 4.65. The van der Waals surface area contributed by atoms with E-state index in [1.807, 2.05) is 17.6 Å². The van der Waals surface area contributed by atoms with Crippen LogP contribution >= 0.6 is 22.9 Å². The predicted octanol–water partition coefficient (Wildman–Crippen LogP) is 3.10. The van der Waals surface area contributed by atoms with Crippen LogP contribution in [0.5, 0.6) is 0 Å². The molecule has 1 aliphatic carbocycles. The van der Waals surface area contributed by atoms with Gasteiger partial charge in [-0.3, -0.25) is 0 Å². The van der Waals surface area contributed by atoms with Crippen molar-refractivity contribution >= 4 is 22.9 Å². The Hall–Kier alpha value is -0.900. The molecule has 1 atom stereocenters. The highest BCUT2D eigenvalue weighted by Gasteiger charge is 2.20. The van der Waals surface area contributed by atoms with Crippen molar-refractivity contribution in [3.63, 3.8) is 0 Å². The molecule has 0 fully saturated rings. The number of fused-ring (bicyclic) bond motifs is 1. The van der Waals surface area contributed by atoms with Gasteiger partial charge >= 0.3 is 0 Å². The number of rotatable bonds is 4. The van der Waals surface area contributed by atoms with E-state index in [4.69, 9.17) is 11.6 Å². The van der Waals surface area contributed by atoms with Gasteiger partial charge in [-0.2, -0.15) is 0 Å². The number of halogens is 1. The Balaban J connectivity index is 1.52. The van der Waals surface area contributed by atoms with E-state index in [-0.39, 0.29) is 0 Å². The van der Waals surface area contributed by atoms with Crippen LogP contribution in [0.3, 0.4) is 0 Å². The number of hydrogen-bond donors (Lipinski definition) is 1. The molecule has 0 bridgehead atoms. The van der Waals surface area contributed by atoms with Gasteiger partial charge in [-0.05, 0) is 36.1 Å². The summed E-state index contributed by atoms with van der Waals surface area (Å²) >= 11 is 7.74. The van der Waals surface area contributed by atoms with E-state index in [1.54, 1.807) is 11.3 Å². The maximum atomic E-state index is 6.02. The van der Waals surface area contributed by atoms with Crippen molar-refractivity contribution in [3.8, 4) is 0 Å². The fraction of sp³-hybridized carbons (Fsp3) is 0.357. The zero-order valence-corrected chi connectivity index (χ0v) is 11.6. The molecule has 3 rings (SSSR count). The van der Waals surface area contributed by atoms with E-state index in [0.29, 0.717) is 6.04 Å². The number of nitrogens with zero attached hydrogens (tertiary/aromatic N) is 1. The third kappa shape index (κ3) is 2.74. The average Bonchev–Trinajstić information content (AvgIpc) is 2.97. The molecule has 4 heteroatoms. The Labute approximate surface area is 116 Å². The van der Waals surface area contributed by atoms with Crippen LogP contribution in [0.15, 0.2) is 29.8 Å². The average molecular weight is 279 g/mol. The lowest BCUT2D eigenvalue weighted by Crippen LogP contribution is -2.31. The zero-order chi connectivity index (χ0) is 12.4. The number of hydrogen-bond acceptors (Lipinski definition) is 3. The summed E-state index contributed by atoms with van der Waals surface area (Å²) in [6.45, 7) is 1.000. The molecule has 1 heterocycles. The highest BCUT2D eigenvalue weighted by atomic mass is 35.5. The smallest absolute Gasteiger partial charge is 0.0937 e. The van der Waals surface area contributed by atoms with Crippen molar-refractivity contribution in [3.05, 3.63) is 50.9 Å². The summed E-state index contributed by atoms with van der Waals surface area (Å²) in [6.07, 6.45) is 5.09. The first-order valence-corrected chi connectivity index (χ1v) is 7.46. The Kier molecular flexibility index (Phi) is 3.64. The largest absolute Gasteiger partial charge is 0.313 e. The van der Waals surface area contributed by atoms with Crippen LogP contribution in [0.1, 0.15) is 16.1 Å². The molecule has 1 aromatic heterocycles. The second-order valence-corrected chi connectivity index (χ2v) is 6.06. The van der Waals surface area contributed by atoms with E-state index >= 15 is 0 Å². The molecule has 0 aliphatic heterocycles. The van der Waals surface area contributed by atoms with Gasteiger partial charge < -0.3 is 5.32 Å². The van der Waals surface area contributed by atoms with E-state index < -0.39 is 0 Å². The monoisotopic (exact) mass is 278 g/mol. The van der Waals surface area contributed by atoms with Gasteiger partial charge in [0.25, 0.3) is 0 Å². The molecule has 1 unspecified atom stereocenters. The van der Waals surface area contributed by atoms with Gasteiger partial charge in [0.15, 0.2) is 0 Å². The lowest BCUT2D eigenvalue weighted by Gasteiger charge is -2.10. The molecule has 94 valence electrons. The van der Waals surface area contributed by atoms with Crippen LogP contribution in [0.4, 0.5) is 0 Å². The highest BCUT2D eigenvalue weighted by molar-refractivity contribution is 7.09. The minimum absolute atomic E-state index is 0.554. The van der Waals surface area contributed by atoms with Crippen LogP contribution in [0, 0.1) is 0 Å². The molecule has 0 saturated heterocycles. The van der Waals surface area contributed by atoms with Gasteiger partial charge in [-0.1, -0.05) is 17.7 Å². The molecule has 1 N–H and O–H groups in total. The topological polar surface area (TPSA) is 24.9 Å². The lowest BCUT2D eigenvalue weighted by molar-refractivity contribution is 0.536. The molecule has 0 saturated carbocycles. The Morgan fingerprint density at radius 1 is 1.33 bits per heavy atom. The molecule has 1 aromatic carbocycles. The van der Waals surface area contributed by atoms with Gasteiger partial charge in [-0.25, -0.2) is 4.98 Å². The minimum atomic E-state index is 0.554. The van der Waals surface area contributed by atoms with Gasteiger partial charge in [0.1, 0.15) is 0 Å². The SMILES string of the molecule is Clc1ccc2c(c1)CC(NCCc1nccs1)C2. The Morgan fingerprint density at radius 3 is 3.06 bits per heavy atom. The maximum absolute atomic E-state index is 6.02. The van der Waals surface area contributed by atoms with E-state index in [0.717, 1.165) is 30.8 Å². The first-order valence-electron chi connectivity index (χ1n) is 6.20. The van der Waals surface area contributed by atoms with Crippen molar-refractivity contribution < 1.29 is 0 Å². The standard InChI is InChI=1S/C14H15ClN2S/c15-12-2-1-10-8-13(9-11(10)7-12)16-4-3-14-17-5-6-18-14/h1-2,5-7,13,16H,3-4,8-9H2. The Bertz CT molecular complexity index is 525. The molecule has 0 spiro atoms. The summed E-state index contributed by atoms with van der Waals surface area (Å²) in [4.78, 5) is 4.29. The summed E-state index contributed by atoms with van der Waals surface area (Å²) in [6, 6.07) is 6.79. The summed E-state index contributed by atoms with van der Waals surface area (Å²) in [5, 5.41) is 7.69.